The summed E-state index contributed by atoms with van der Waals surface area (Å²) in [4.78, 5) is 15.9. The largest absolute Gasteiger partial charge is 0.505 e. The number of phenols is 1. The number of hydrogen-bond acceptors (Lipinski definition) is 10. The highest BCUT2D eigenvalue weighted by atomic mass is 32.2. The van der Waals surface area contributed by atoms with Gasteiger partial charge in [0.15, 0.2) is 5.75 Å². The maximum Gasteiger partial charge on any atom is 0.296 e. The molecule has 0 atom stereocenters. The second-order valence-corrected chi connectivity index (χ2v) is 8.23. The van der Waals surface area contributed by atoms with E-state index in [4.69, 9.17) is 4.55 Å². The number of azo groups is 1. The van der Waals surface area contributed by atoms with Crippen LogP contribution in [0.5, 0.6) is 5.75 Å². The van der Waals surface area contributed by atoms with Gasteiger partial charge >= 0.3 is 0 Å². The third-order valence-electron chi connectivity index (χ3n) is 3.96. The van der Waals surface area contributed by atoms with E-state index in [-0.39, 0.29) is 11.4 Å². The van der Waals surface area contributed by atoms with Crippen LogP contribution in [0.25, 0.3) is 10.8 Å². The van der Waals surface area contributed by atoms with Crippen LogP contribution in [0.4, 0.5) is 17.6 Å². The first kappa shape index (κ1) is 27.7. The summed E-state index contributed by atoms with van der Waals surface area (Å²) in [6, 6.07) is 7.87. The summed E-state index contributed by atoms with van der Waals surface area (Å²) in [5.74, 6) is 1.79. The Labute approximate surface area is 194 Å². The van der Waals surface area contributed by atoms with Crippen LogP contribution in [-0.2, 0) is 10.1 Å². The quantitative estimate of drug-likeness (QED) is 0.423. The smallest absolute Gasteiger partial charge is 0.296 e. The Balaban J connectivity index is 0.000000322. The summed E-state index contributed by atoms with van der Waals surface area (Å²) in [6.07, 6.45) is 0. The summed E-state index contributed by atoms with van der Waals surface area (Å²) in [7, 11) is 4.50. The van der Waals surface area contributed by atoms with E-state index in [9.17, 15) is 13.5 Å². The van der Waals surface area contributed by atoms with Crippen LogP contribution in [0.2, 0.25) is 0 Å². The van der Waals surface area contributed by atoms with Crippen molar-refractivity contribution in [1.29, 1.82) is 0 Å². The maximum atomic E-state index is 11.3. The van der Waals surface area contributed by atoms with Crippen LogP contribution in [-0.4, -0.2) is 68.3 Å². The monoisotopic (exact) mass is 477 g/mol. The molecular weight excluding hydrogens is 446 g/mol. The lowest BCUT2D eigenvalue weighted by Gasteiger charge is -2.14. The molecule has 2 N–H and O–H groups in total. The van der Waals surface area contributed by atoms with Gasteiger partial charge in [-0.15, -0.1) is 0 Å². The Morgan fingerprint density at radius 2 is 1.45 bits per heavy atom. The van der Waals surface area contributed by atoms with E-state index in [1.165, 1.54) is 13.1 Å². The molecular formula is C21H31N7O4S. The number of phenolic OH excluding ortho intramolecular Hbond substituents is 1. The van der Waals surface area contributed by atoms with E-state index in [1.54, 1.807) is 24.3 Å². The van der Waals surface area contributed by atoms with Gasteiger partial charge in [-0.1, -0.05) is 38.1 Å². The number of aryl methyl sites for hydroxylation is 1. The molecule has 0 amide bonds. The average Bonchev–Trinajstić information content (AvgIpc) is 2.76. The van der Waals surface area contributed by atoms with Crippen molar-refractivity contribution < 1.29 is 18.1 Å². The zero-order valence-corrected chi connectivity index (χ0v) is 21.0. The molecule has 1 aromatic heterocycles. The third-order valence-corrected chi connectivity index (χ3v) is 4.83. The summed E-state index contributed by atoms with van der Waals surface area (Å²) in [5, 5.41) is 17.9. The number of rotatable bonds is 4. The molecule has 3 aromatic rings. The zero-order chi connectivity index (χ0) is 25.3. The normalized spacial score (nSPS) is 10.8. The van der Waals surface area contributed by atoms with Gasteiger partial charge in [0.1, 0.15) is 16.4 Å². The predicted molar refractivity (Wildman–Crippen MR) is 130 cm³/mol. The van der Waals surface area contributed by atoms with Gasteiger partial charge in [-0.25, -0.2) is 0 Å². The molecule has 0 fully saturated rings. The van der Waals surface area contributed by atoms with Gasteiger partial charge in [0, 0.05) is 40.6 Å². The van der Waals surface area contributed by atoms with Gasteiger partial charge < -0.3 is 14.9 Å². The first-order valence-electron chi connectivity index (χ1n) is 10.0. The number of aromatic nitrogens is 3. The molecule has 0 saturated heterocycles. The van der Waals surface area contributed by atoms with Crippen LogP contribution in [0.1, 0.15) is 19.7 Å². The highest BCUT2D eigenvalue weighted by molar-refractivity contribution is 7.86. The molecule has 3 rings (SSSR count). The van der Waals surface area contributed by atoms with Crippen molar-refractivity contribution in [1.82, 2.24) is 15.0 Å². The first-order chi connectivity index (χ1) is 15.5. The fourth-order valence-corrected chi connectivity index (χ4v) is 3.20. The molecule has 1 heterocycles. The van der Waals surface area contributed by atoms with E-state index in [0.717, 1.165) is 5.82 Å². The van der Waals surface area contributed by atoms with Crippen LogP contribution in [0.3, 0.4) is 0 Å². The maximum absolute atomic E-state index is 11.3. The van der Waals surface area contributed by atoms with Crippen molar-refractivity contribution in [2.45, 2.75) is 25.7 Å². The van der Waals surface area contributed by atoms with E-state index in [2.05, 4.69) is 25.2 Å². The average molecular weight is 478 g/mol. The SMILES string of the molecule is CC.CN=Nc1c(S(=O)(=O)O)cc2ccccc2c1O.Cc1nc(N(C)C)nc(N(C)C)n1. The molecule has 0 aliphatic carbocycles. The number of fused-ring (bicyclic) bond motifs is 1. The summed E-state index contributed by atoms with van der Waals surface area (Å²) in [6.45, 7) is 5.86. The number of nitrogens with zero attached hydrogens (tertiary/aromatic N) is 7. The summed E-state index contributed by atoms with van der Waals surface area (Å²) < 4.78 is 31.7. The predicted octanol–water partition coefficient (Wildman–Crippen LogP) is 3.84. The lowest BCUT2D eigenvalue weighted by Crippen LogP contribution is -2.19. The lowest BCUT2D eigenvalue weighted by molar-refractivity contribution is 0.472. The molecule has 2 aromatic carbocycles. The van der Waals surface area contributed by atoms with Crippen molar-refractivity contribution in [3.63, 3.8) is 0 Å². The molecule has 0 aliphatic heterocycles. The van der Waals surface area contributed by atoms with Crippen LogP contribution in [0, 0.1) is 6.92 Å². The van der Waals surface area contributed by atoms with Crippen LogP contribution < -0.4 is 9.80 Å². The number of anilines is 2. The van der Waals surface area contributed by atoms with Crippen molar-refractivity contribution in [2.75, 3.05) is 45.0 Å². The summed E-state index contributed by atoms with van der Waals surface area (Å²) in [5.41, 5.74) is -0.265. The van der Waals surface area contributed by atoms with E-state index >= 15 is 0 Å². The molecule has 0 spiro atoms. The Kier molecular flexibility index (Phi) is 10.1. The van der Waals surface area contributed by atoms with Crippen LogP contribution >= 0.6 is 0 Å². The molecule has 180 valence electrons. The zero-order valence-electron chi connectivity index (χ0n) is 20.1. The molecule has 11 nitrogen and oxygen atoms in total. The molecule has 33 heavy (non-hydrogen) atoms. The minimum atomic E-state index is -4.48. The van der Waals surface area contributed by atoms with Gasteiger partial charge in [0.2, 0.25) is 11.9 Å². The highest BCUT2D eigenvalue weighted by Gasteiger charge is 2.21. The Bertz CT molecular complexity index is 1190. The van der Waals surface area contributed by atoms with Crippen molar-refractivity contribution in [2.24, 2.45) is 10.2 Å². The van der Waals surface area contributed by atoms with Crippen LogP contribution in [0.15, 0.2) is 45.5 Å². The van der Waals surface area contributed by atoms with Gasteiger partial charge in [-0.2, -0.15) is 33.6 Å². The Morgan fingerprint density at radius 1 is 0.939 bits per heavy atom. The second kappa shape index (κ2) is 12.0. The second-order valence-electron chi connectivity index (χ2n) is 6.84. The molecule has 0 saturated carbocycles. The molecule has 0 aliphatic rings. The minimum absolute atomic E-state index is 0.265. The highest BCUT2D eigenvalue weighted by Crippen LogP contribution is 2.40. The minimum Gasteiger partial charge on any atom is -0.505 e. The topological polar surface area (TPSA) is 144 Å². The number of hydrogen-bond donors (Lipinski definition) is 2. The fraction of sp³-hybridized carbons (Fsp3) is 0.381. The van der Waals surface area contributed by atoms with Crippen molar-refractivity contribution >= 4 is 38.5 Å². The Hall–Kier alpha value is -3.38. The van der Waals surface area contributed by atoms with Gasteiger partial charge in [0.05, 0.1) is 0 Å². The standard InChI is InChI=1S/C11H10N2O4S.C8H15N5.C2H6/c1-12-13-10-9(18(15,16)17)6-7-4-2-3-5-8(7)11(10)14;1-6-9-7(12(2)3)11-8(10-6)13(4)5;1-2/h2-6,14H,1H3,(H,15,16,17);1-5H3;1-2H3. The fourth-order valence-electron chi connectivity index (χ4n) is 2.54. The Morgan fingerprint density at radius 3 is 1.91 bits per heavy atom. The number of aromatic hydroxyl groups is 1. The molecule has 0 unspecified atom stereocenters. The van der Waals surface area contributed by atoms with Gasteiger partial charge in [-0.05, 0) is 18.4 Å². The molecule has 0 bridgehead atoms. The van der Waals surface area contributed by atoms with Gasteiger partial charge in [-0.3, -0.25) is 4.55 Å². The summed E-state index contributed by atoms with van der Waals surface area (Å²) >= 11 is 0. The van der Waals surface area contributed by atoms with Crippen molar-refractivity contribution in [3.8, 4) is 5.75 Å². The van der Waals surface area contributed by atoms with E-state index in [1.807, 2.05) is 58.8 Å². The van der Waals surface area contributed by atoms with E-state index in [0.29, 0.717) is 22.7 Å². The molecule has 12 heteroatoms. The molecule has 0 radical (unpaired) electrons. The van der Waals surface area contributed by atoms with Crippen molar-refractivity contribution in [3.05, 3.63) is 36.2 Å². The first-order valence-corrected chi connectivity index (χ1v) is 11.5. The van der Waals surface area contributed by atoms with E-state index < -0.39 is 15.0 Å². The van der Waals surface area contributed by atoms with Gasteiger partial charge in [0.25, 0.3) is 10.1 Å². The third kappa shape index (κ3) is 7.32. The number of benzene rings is 2. The lowest BCUT2D eigenvalue weighted by atomic mass is 10.1.